The lowest BCUT2D eigenvalue weighted by Gasteiger charge is -2.14. The van der Waals surface area contributed by atoms with Gasteiger partial charge in [-0.2, -0.15) is 21.7 Å². The van der Waals surface area contributed by atoms with Gasteiger partial charge in [0.15, 0.2) is 11.5 Å². The molecule has 2 aromatic rings. The third-order valence-electron chi connectivity index (χ3n) is 2.65. The van der Waals surface area contributed by atoms with E-state index in [4.69, 9.17) is 0 Å². The molecule has 0 aliphatic rings. The SMILES string of the molecule is CNc1nc(NC(C)CCSC)c2[nH]cnc2n1. The van der Waals surface area contributed by atoms with Crippen LogP contribution in [0.5, 0.6) is 0 Å². The summed E-state index contributed by atoms with van der Waals surface area (Å²) in [5, 5.41) is 6.35. The van der Waals surface area contributed by atoms with Gasteiger partial charge in [0, 0.05) is 13.1 Å². The lowest BCUT2D eigenvalue weighted by atomic mass is 10.2. The summed E-state index contributed by atoms with van der Waals surface area (Å²) in [5.74, 6) is 2.51. The van der Waals surface area contributed by atoms with Gasteiger partial charge in [-0.3, -0.25) is 0 Å². The summed E-state index contributed by atoms with van der Waals surface area (Å²) in [6.07, 6.45) is 4.84. The van der Waals surface area contributed by atoms with Crippen LogP contribution in [-0.2, 0) is 0 Å². The second-order valence-corrected chi connectivity index (χ2v) is 5.06. The van der Waals surface area contributed by atoms with Crippen molar-refractivity contribution in [3.05, 3.63) is 6.33 Å². The third-order valence-corrected chi connectivity index (χ3v) is 3.29. The molecule has 3 N–H and O–H groups in total. The van der Waals surface area contributed by atoms with Crippen molar-refractivity contribution < 1.29 is 0 Å². The van der Waals surface area contributed by atoms with Crippen LogP contribution in [-0.4, -0.2) is 45.0 Å². The maximum atomic E-state index is 4.43. The summed E-state index contributed by atoms with van der Waals surface area (Å²) in [5.41, 5.74) is 1.53. The Bertz CT molecular complexity index is 511. The molecule has 0 spiro atoms. The number of aromatic nitrogens is 4. The quantitative estimate of drug-likeness (QED) is 0.741. The number of rotatable bonds is 6. The number of thioether (sulfide) groups is 1. The topological polar surface area (TPSA) is 78.5 Å². The molecule has 0 saturated carbocycles. The number of anilines is 2. The van der Waals surface area contributed by atoms with Gasteiger partial charge in [0.05, 0.1) is 6.33 Å². The van der Waals surface area contributed by atoms with E-state index in [0.717, 1.165) is 23.5 Å². The highest BCUT2D eigenvalue weighted by molar-refractivity contribution is 7.98. The first kappa shape index (κ1) is 12.9. The molecule has 0 fully saturated rings. The van der Waals surface area contributed by atoms with Crippen LogP contribution < -0.4 is 10.6 Å². The van der Waals surface area contributed by atoms with Crippen molar-refractivity contribution in [3.8, 4) is 0 Å². The first-order chi connectivity index (χ1) is 8.74. The fourth-order valence-electron chi connectivity index (χ4n) is 1.65. The van der Waals surface area contributed by atoms with E-state index in [1.807, 2.05) is 11.8 Å². The number of hydrogen-bond donors (Lipinski definition) is 3. The van der Waals surface area contributed by atoms with Crippen LogP contribution in [0.1, 0.15) is 13.3 Å². The van der Waals surface area contributed by atoms with Crippen LogP contribution in [0.2, 0.25) is 0 Å². The zero-order valence-electron chi connectivity index (χ0n) is 10.8. The molecule has 7 heteroatoms. The average Bonchev–Trinajstić information content (AvgIpc) is 2.84. The molecule has 0 saturated heterocycles. The predicted octanol–water partition coefficient (Wildman–Crippen LogP) is 1.95. The first-order valence-electron chi connectivity index (χ1n) is 5.89. The minimum absolute atomic E-state index is 0.364. The smallest absolute Gasteiger partial charge is 0.226 e. The van der Waals surface area contributed by atoms with E-state index in [1.54, 1.807) is 13.4 Å². The van der Waals surface area contributed by atoms with E-state index in [9.17, 15) is 0 Å². The summed E-state index contributed by atoms with van der Waals surface area (Å²) in [6, 6.07) is 0.364. The fraction of sp³-hybridized carbons (Fsp3) is 0.545. The summed E-state index contributed by atoms with van der Waals surface area (Å²) >= 11 is 1.85. The van der Waals surface area contributed by atoms with E-state index in [0.29, 0.717) is 17.6 Å². The molecule has 2 heterocycles. The molecule has 1 unspecified atom stereocenters. The fourth-order valence-corrected chi connectivity index (χ4v) is 2.24. The van der Waals surface area contributed by atoms with Gasteiger partial charge in [0.1, 0.15) is 5.52 Å². The van der Waals surface area contributed by atoms with Crippen molar-refractivity contribution in [2.45, 2.75) is 19.4 Å². The van der Waals surface area contributed by atoms with Gasteiger partial charge in [-0.15, -0.1) is 0 Å². The summed E-state index contributed by atoms with van der Waals surface area (Å²) in [6.45, 7) is 2.15. The number of aromatic amines is 1. The molecule has 0 bridgehead atoms. The zero-order valence-corrected chi connectivity index (χ0v) is 11.6. The number of nitrogens with one attached hydrogen (secondary N) is 3. The van der Waals surface area contributed by atoms with Crippen molar-refractivity contribution in [2.24, 2.45) is 0 Å². The normalized spacial score (nSPS) is 12.6. The molecule has 2 rings (SSSR count). The predicted molar refractivity (Wildman–Crippen MR) is 77.3 cm³/mol. The number of imidazole rings is 1. The Morgan fingerprint density at radius 3 is 3.00 bits per heavy atom. The van der Waals surface area contributed by atoms with E-state index in [2.05, 4.69) is 43.7 Å². The highest BCUT2D eigenvalue weighted by Crippen LogP contribution is 2.19. The average molecular weight is 266 g/mol. The van der Waals surface area contributed by atoms with Crippen LogP contribution in [0.25, 0.3) is 11.2 Å². The Morgan fingerprint density at radius 1 is 1.44 bits per heavy atom. The van der Waals surface area contributed by atoms with Crippen molar-refractivity contribution in [1.29, 1.82) is 0 Å². The summed E-state index contributed by atoms with van der Waals surface area (Å²) < 4.78 is 0. The van der Waals surface area contributed by atoms with Gasteiger partial charge >= 0.3 is 0 Å². The second kappa shape index (κ2) is 5.90. The van der Waals surface area contributed by atoms with Crippen LogP contribution in [0.15, 0.2) is 6.33 Å². The van der Waals surface area contributed by atoms with E-state index in [1.165, 1.54) is 0 Å². The minimum atomic E-state index is 0.364. The number of nitrogens with zero attached hydrogens (tertiary/aromatic N) is 3. The van der Waals surface area contributed by atoms with Gasteiger partial charge in [0.2, 0.25) is 5.95 Å². The van der Waals surface area contributed by atoms with Crippen molar-refractivity contribution >= 4 is 34.7 Å². The molecule has 18 heavy (non-hydrogen) atoms. The number of H-pyrrole nitrogens is 1. The third kappa shape index (κ3) is 2.84. The Kier molecular flexibility index (Phi) is 4.24. The van der Waals surface area contributed by atoms with E-state index < -0.39 is 0 Å². The molecular formula is C11H18N6S. The Balaban J connectivity index is 2.22. The van der Waals surface area contributed by atoms with Crippen molar-refractivity contribution in [1.82, 2.24) is 19.9 Å². The van der Waals surface area contributed by atoms with Crippen LogP contribution in [0.3, 0.4) is 0 Å². The standard InChI is InChI=1S/C11H18N6S/c1-7(4-5-18-3)15-10-8-9(14-6-13-8)16-11(12-2)17-10/h6-7H,4-5H2,1-3H3,(H3,12,13,14,15,16,17). The van der Waals surface area contributed by atoms with Crippen LogP contribution >= 0.6 is 11.8 Å². The summed E-state index contributed by atoms with van der Waals surface area (Å²) in [7, 11) is 1.80. The Labute approximate surface area is 110 Å². The molecule has 2 aromatic heterocycles. The molecule has 0 radical (unpaired) electrons. The van der Waals surface area contributed by atoms with Crippen LogP contribution in [0, 0.1) is 0 Å². The Hall–Kier alpha value is -1.50. The van der Waals surface area contributed by atoms with Crippen molar-refractivity contribution in [3.63, 3.8) is 0 Å². The Morgan fingerprint density at radius 2 is 2.28 bits per heavy atom. The maximum Gasteiger partial charge on any atom is 0.226 e. The molecule has 1 atom stereocenters. The minimum Gasteiger partial charge on any atom is -0.366 e. The van der Waals surface area contributed by atoms with Gasteiger partial charge < -0.3 is 15.6 Å². The lowest BCUT2D eigenvalue weighted by Crippen LogP contribution is -2.17. The van der Waals surface area contributed by atoms with Crippen molar-refractivity contribution in [2.75, 3.05) is 29.7 Å². The van der Waals surface area contributed by atoms with Gasteiger partial charge in [0.25, 0.3) is 0 Å². The second-order valence-electron chi connectivity index (χ2n) is 4.07. The van der Waals surface area contributed by atoms with Gasteiger partial charge in [-0.05, 0) is 25.4 Å². The summed E-state index contributed by atoms with van der Waals surface area (Å²) in [4.78, 5) is 15.9. The monoisotopic (exact) mass is 266 g/mol. The van der Waals surface area contributed by atoms with Gasteiger partial charge in [-0.1, -0.05) is 0 Å². The molecule has 0 aromatic carbocycles. The lowest BCUT2D eigenvalue weighted by molar-refractivity contribution is 0.768. The molecule has 6 nitrogen and oxygen atoms in total. The first-order valence-corrected chi connectivity index (χ1v) is 7.28. The molecule has 98 valence electrons. The number of hydrogen-bond acceptors (Lipinski definition) is 6. The molecule has 0 aliphatic carbocycles. The van der Waals surface area contributed by atoms with E-state index >= 15 is 0 Å². The zero-order chi connectivity index (χ0) is 13.0. The number of fused-ring (bicyclic) bond motifs is 1. The highest BCUT2D eigenvalue weighted by Gasteiger charge is 2.11. The van der Waals surface area contributed by atoms with Gasteiger partial charge in [-0.25, -0.2) is 4.98 Å². The maximum absolute atomic E-state index is 4.43. The molecular weight excluding hydrogens is 248 g/mol. The largest absolute Gasteiger partial charge is 0.366 e. The molecule has 0 aliphatic heterocycles. The van der Waals surface area contributed by atoms with E-state index in [-0.39, 0.29) is 0 Å². The van der Waals surface area contributed by atoms with Crippen LogP contribution in [0.4, 0.5) is 11.8 Å². The molecule has 0 amide bonds. The highest BCUT2D eigenvalue weighted by atomic mass is 32.2.